The molecule has 0 radical (unpaired) electrons. The number of ether oxygens (including phenoxy) is 2. The van der Waals surface area contributed by atoms with Gasteiger partial charge in [0.05, 0.1) is 12.0 Å². The Balaban J connectivity index is 1.34. The summed E-state index contributed by atoms with van der Waals surface area (Å²) in [6.45, 7) is 2.49. The third kappa shape index (κ3) is 6.83. The zero-order valence-corrected chi connectivity index (χ0v) is 26.1. The molecule has 0 bridgehead atoms. The molecule has 13 nitrogen and oxygen atoms in total. The fraction of sp³-hybridized carbons (Fsp3) is 0.536. The lowest BCUT2D eigenvalue weighted by Gasteiger charge is -2.28. The molecule has 2 aliphatic rings. The number of nitrogens with zero attached hydrogens (tertiary/aromatic N) is 4. The predicted molar refractivity (Wildman–Crippen MR) is 159 cm³/mol. The molecule has 43 heavy (non-hydrogen) atoms. The minimum atomic E-state index is -4.27. The van der Waals surface area contributed by atoms with Gasteiger partial charge in [0, 0.05) is 25.3 Å². The first-order valence-electron chi connectivity index (χ1n) is 14.1. The Morgan fingerprint density at radius 3 is 2.63 bits per heavy atom. The van der Waals surface area contributed by atoms with E-state index in [0.29, 0.717) is 16.5 Å². The number of benzene rings is 1. The summed E-state index contributed by atoms with van der Waals surface area (Å²) in [6, 6.07) is 6.87. The van der Waals surface area contributed by atoms with Gasteiger partial charge < -0.3 is 33.7 Å². The van der Waals surface area contributed by atoms with Crippen molar-refractivity contribution in [2.24, 2.45) is 0 Å². The van der Waals surface area contributed by atoms with Crippen LogP contribution in [0.25, 0.3) is 11.0 Å². The van der Waals surface area contributed by atoms with Crippen molar-refractivity contribution in [3.63, 3.8) is 0 Å². The molecule has 6 atom stereocenters. The number of esters is 1. The van der Waals surface area contributed by atoms with Gasteiger partial charge in [-0.15, -0.1) is 0 Å². The molecule has 5 rings (SSSR count). The van der Waals surface area contributed by atoms with Crippen LogP contribution in [-0.2, 0) is 23.4 Å². The summed E-state index contributed by atoms with van der Waals surface area (Å²) in [5.74, 6) is 0.257. The highest BCUT2D eigenvalue weighted by atomic mass is 35.5. The minimum Gasteiger partial charge on any atom is -0.461 e. The van der Waals surface area contributed by atoms with Gasteiger partial charge in [-0.2, -0.15) is 5.09 Å². The molecule has 1 saturated carbocycles. The van der Waals surface area contributed by atoms with Crippen molar-refractivity contribution in [2.75, 3.05) is 25.6 Å². The molecular weight excluding hydrogens is 601 g/mol. The molecule has 4 unspecified atom stereocenters. The second-order valence-electron chi connectivity index (χ2n) is 11.3. The van der Waals surface area contributed by atoms with Crippen molar-refractivity contribution >= 4 is 42.2 Å². The minimum absolute atomic E-state index is 0.171. The maximum Gasteiger partial charge on any atom is 0.459 e. The highest BCUT2D eigenvalue weighted by Crippen LogP contribution is 2.47. The number of rotatable bonds is 11. The van der Waals surface area contributed by atoms with Gasteiger partial charge >= 0.3 is 13.7 Å². The third-order valence-electron chi connectivity index (χ3n) is 7.66. The van der Waals surface area contributed by atoms with E-state index in [-0.39, 0.29) is 11.9 Å². The summed E-state index contributed by atoms with van der Waals surface area (Å²) in [4.78, 5) is 23.3. The fourth-order valence-corrected chi connectivity index (χ4v) is 6.97. The molecule has 1 aliphatic heterocycles. The number of hydrogen-bond donors (Lipinski definition) is 3. The largest absolute Gasteiger partial charge is 0.461 e. The number of aliphatic hydroxyl groups excluding tert-OH is 1. The standard InChI is InChI=1S/C28H37ClN5O8P/c1-17(26(36)40-19-7-5-6-8-19)32-43(38,42-20-11-9-18(29)10-12-20)39-15-22-23(35)28(2,37)27(41-22)34-14-13-21-24(33(3)4)30-16-31-25(21)34/h9-14,16-17,19,22-23,27,35,37H,5-8,15H2,1-4H3,(H,32,38)/t17?,22?,23-,27?,28-,43?/m1/s1. The van der Waals surface area contributed by atoms with Crippen LogP contribution in [0.2, 0.25) is 5.02 Å². The monoisotopic (exact) mass is 637 g/mol. The van der Waals surface area contributed by atoms with Gasteiger partial charge in [0.25, 0.3) is 0 Å². The molecular formula is C28H37ClN5O8P. The first-order valence-corrected chi connectivity index (χ1v) is 16.0. The van der Waals surface area contributed by atoms with E-state index in [2.05, 4.69) is 15.1 Å². The molecule has 0 spiro atoms. The quantitative estimate of drug-likeness (QED) is 0.206. The first kappa shape index (κ1) is 31.6. The maximum absolute atomic E-state index is 14.0. The smallest absolute Gasteiger partial charge is 0.459 e. The molecule has 15 heteroatoms. The summed E-state index contributed by atoms with van der Waals surface area (Å²) in [5.41, 5.74) is -1.29. The van der Waals surface area contributed by atoms with Gasteiger partial charge in [-0.3, -0.25) is 9.32 Å². The summed E-state index contributed by atoms with van der Waals surface area (Å²) in [5, 5.41) is 26.3. The number of halogens is 1. The second-order valence-corrected chi connectivity index (χ2v) is 13.4. The summed E-state index contributed by atoms with van der Waals surface area (Å²) >= 11 is 5.98. The molecule has 1 saturated heterocycles. The van der Waals surface area contributed by atoms with Crippen LogP contribution in [0.5, 0.6) is 5.75 Å². The van der Waals surface area contributed by atoms with E-state index in [1.807, 2.05) is 19.0 Å². The zero-order valence-electron chi connectivity index (χ0n) is 24.4. The number of fused-ring (bicyclic) bond motifs is 1. The van der Waals surface area contributed by atoms with Crippen molar-refractivity contribution < 1.29 is 38.1 Å². The molecule has 3 N–H and O–H groups in total. The molecule has 2 aromatic heterocycles. The molecule has 1 aromatic carbocycles. The van der Waals surface area contributed by atoms with Crippen molar-refractivity contribution in [2.45, 2.75) is 75.7 Å². The van der Waals surface area contributed by atoms with Crippen LogP contribution in [-0.4, -0.2) is 81.4 Å². The Morgan fingerprint density at radius 2 is 1.95 bits per heavy atom. The van der Waals surface area contributed by atoms with Gasteiger partial charge in [0.1, 0.15) is 53.5 Å². The van der Waals surface area contributed by atoms with E-state index in [4.69, 9.17) is 30.1 Å². The lowest BCUT2D eigenvalue weighted by Crippen LogP contribution is -2.44. The van der Waals surface area contributed by atoms with Gasteiger partial charge in [-0.1, -0.05) is 11.6 Å². The summed E-state index contributed by atoms with van der Waals surface area (Å²) in [6.07, 6.45) is 2.81. The van der Waals surface area contributed by atoms with E-state index in [9.17, 15) is 19.6 Å². The van der Waals surface area contributed by atoms with Crippen molar-refractivity contribution in [1.29, 1.82) is 0 Å². The van der Waals surface area contributed by atoms with Gasteiger partial charge in [0.15, 0.2) is 6.23 Å². The normalized spacial score (nSPS) is 26.3. The van der Waals surface area contributed by atoms with Crippen LogP contribution < -0.4 is 14.5 Å². The van der Waals surface area contributed by atoms with Crippen LogP contribution in [0, 0.1) is 0 Å². The number of anilines is 1. The van der Waals surface area contributed by atoms with Crippen LogP contribution >= 0.6 is 19.3 Å². The Kier molecular flexibility index (Phi) is 9.34. The highest BCUT2D eigenvalue weighted by molar-refractivity contribution is 7.52. The topological polar surface area (TPSA) is 158 Å². The predicted octanol–water partition coefficient (Wildman–Crippen LogP) is 3.83. The lowest BCUT2D eigenvalue weighted by atomic mass is 9.96. The average molecular weight is 638 g/mol. The molecule has 3 aromatic rings. The summed E-state index contributed by atoms with van der Waals surface area (Å²) < 4.78 is 38.7. The fourth-order valence-electron chi connectivity index (χ4n) is 5.34. The summed E-state index contributed by atoms with van der Waals surface area (Å²) in [7, 11) is -0.561. The molecule has 3 heterocycles. The van der Waals surface area contributed by atoms with Crippen LogP contribution in [0.3, 0.4) is 0 Å². The molecule has 234 valence electrons. The van der Waals surface area contributed by atoms with Gasteiger partial charge in [-0.25, -0.2) is 14.5 Å². The number of hydrogen-bond acceptors (Lipinski definition) is 11. The van der Waals surface area contributed by atoms with E-state index >= 15 is 0 Å². The third-order valence-corrected chi connectivity index (χ3v) is 9.55. The number of aromatic nitrogens is 3. The Bertz CT molecular complexity index is 1480. The molecule has 1 aliphatic carbocycles. The first-order chi connectivity index (χ1) is 20.4. The Hall–Kier alpha value is -2.77. The van der Waals surface area contributed by atoms with E-state index in [0.717, 1.165) is 31.1 Å². The zero-order chi connectivity index (χ0) is 30.9. The second kappa shape index (κ2) is 12.7. The maximum atomic E-state index is 14.0. The molecule has 0 amide bonds. The van der Waals surface area contributed by atoms with Crippen LogP contribution in [0.15, 0.2) is 42.9 Å². The SMILES string of the molecule is CC(NP(=O)(OCC1OC(n2ccc3c(N(C)C)ncnc32)[C@](C)(O)[C@@H]1O)Oc1ccc(Cl)cc1)C(=O)OC1CCCC1. The van der Waals surface area contributed by atoms with Crippen molar-refractivity contribution in [3.8, 4) is 5.75 Å². The Morgan fingerprint density at radius 1 is 1.26 bits per heavy atom. The number of nitrogens with one attached hydrogen (secondary N) is 1. The Labute approximate surface area is 254 Å². The van der Waals surface area contributed by atoms with Gasteiger partial charge in [0.2, 0.25) is 0 Å². The van der Waals surface area contributed by atoms with E-state index in [1.54, 1.807) is 29.0 Å². The number of aliphatic hydroxyl groups is 2. The van der Waals surface area contributed by atoms with Crippen molar-refractivity contribution in [1.82, 2.24) is 19.6 Å². The van der Waals surface area contributed by atoms with E-state index in [1.165, 1.54) is 32.3 Å². The highest BCUT2D eigenvalue weighted by Gasteiger charge is 2.54. The lowest BCUT2D eigenvalue weighted by molar-refractivity contribution is -0.150. The number of carbonyl (C=O) groups is 1. The van der Waals surface area contributed by atoms with Crippen molar-refractivity contribution in [3.05, 3.63) is 47.9 Å². The van der Waals surface area contributed by atoms with E-state index < -0.39 is 50.4 Å². The number of carbonyl (C=O) groups excluding carboxylic acids is 1. The molecule has 2 fully saturated rings. The average Bonchev–Trinajstić information content (AvgIpc) is 3.68. The van der Waals surface area contributed by atoms with Crippen LogP contribution in [0.4, 0.5) is 5.82 Å². The van der Waals surface area contributed by atoms with Gasteiger partial charge in [-0.05, 0) is 69.9 Å². The van der Waals surface area contributed by atoms with Crippen LogP contribution in [0.1, 0.15) is 45.8 Å².